The van der Waals surface area contributed by atoms with Gasteiger partial charge < -0.3 is 9.88 Å². The first-order chi connectivity index (χ1) is 11.8. The number of hydrogen-bond donors (Lipinski definition) is 1. The SMILES string of the molecule is O=C(Nc1cccc2c1CCCC2)c1ccc(-n2ccnc2)cc1. The molecule has 1 amide bonds. The molecular weight excluding hydrogens is 298 g/mol. The zero-order valence-electron chi connectivity index (χ0n) is 13.4. The van der Waals surface area contributed by atoms with Gasteiger partial charge in [-0.2, -0.15) is 0 Å². The fourth-order valence-corrected chi connectivity index (χ4v) is 3.29. The number of benzene rings is 2. The number of hydrogen-bond acceptors (Lipinski definition) is 2. The van der Waals surface area contributed by atoms with E-state index in [-0.39, 0.29) is 5.91 Å². The van der Waals surface area contributed by atoms with Crippen LogP contribution in [0.4, 0.5) is 5.69 Å². The second kappa shape index (κ2) is 6.32. The first-order valence-electron chi connectivity index (χ1n) is 8.32. The van der Waals surface area contributed by atoms with Gasteiger partial charge in [0.25, 0.3) is 5.91 Å². The number of aromatic nitrogens is 2. The summed E-state index contributed by atoms with van der Waals surface area (Å²) in [6.07, 6.45) is 9.94. The van der Waals surface area contributed by atoms with Crippen molar-refractivity contribution in [3.05, 3.63) is 77.9 Å². The van der Waals surface area contributed by atoms with E-state index in [4.69, 9.17) is 0 Å². The minimum atomic E-state index is -0.0637. The van der Waals surface area contributed by atoms with Crippen molar-refractivity contribution in [2.75, 3.05) is 5.32 Å². The highest BCUT2D eigenvalue weighted by Gasteiger charge is 2.15. The van der Waals surface area contributed by atoms with Crippen molar-refractivity contribution in [3.8, 4) is 5.69 Å². The maximum Gasteiger partial charge on any atom is 0.255 e. The van der Waals surface area contributed by atoms with Crippen LogP contribution in [0.1, 0.15) is 34.3 Å². The van der Waals surface area contributed by atoms with Gasteiger partial charge in [0.15, 0.2) is 0 Å². The van der Waals surface area contributed by atoms with Crippen LogP contribution in [-0.4, -0.2) is 15.5 Å². The molecule has 1 aliphatic carbocycles. The Labute approximate surface area is 141 Å². The summed E-state index contributed by atoms with van der Waals surface area (Å²) >= 11 is 0. The second-order valence-corrected chi connectivity index (χ2v) is 6.12. The molecule has 4 rings (SSSR count). The third kappa shape index (κ3) is 2.83. The molecule has 0 bridgehead atoms. The van der Waals surface area contributed by atoms with Gasteiger partial charge in [-0.15, -0.1) is 0 Å². The Bertz CT molecular complexity index is 851. The van der Waals surface area contributed by atoms with Gasteiger partial charge in [-0.05, 0) is 67.1 Å². The molecule has 0 saturated heterocycles. The van der Waals surface area contributed by atoms with Crippen LogP contribution in [0.25, 0.3) is 5.69 Å². The molecule has 0 fully saturated rings. The lowest BCUT2D eigenvalue weighted by atomic mass is 9.90. The predicted octanol–water partition coefficient (Wildman–Crippen LogP) is 4.00. The van der Waals surface area contributed by atoms with Crippen LogP contribution in [0.3, 0.4) is 0 Å². The van der Waals surface area contributed by atoms with Gasteiger partial charge >= 0.3 is 0 Å². The summed E-state index contributed by atoms with van der Waals surface area (Å²) < 4.78 is 1.91. The number of aryl methyl sites for hydroxylation is 1. The van der Waals surface area contributed by atoms with Crippen LogP contribution < -0.4 is 5.32 Å². The maximum atomic E-state index is 12.6. The van der Waals surface area contributed by atoms with Crippen molar-refractivity contribution in [2.24, 2.45) is 0 Å². The third-order valence-electron chi connectivity index (χ3n) is 4.58. The van der Waals surface area contributed by atoms with Crippen LogP contribution in [-0.2, 0) is 12.8 Å². The molecule has 120 valence electrons. The molecule has 0 atom stereocenters. The molecular formula is C20H19N3O. The molecule has 0 unspecified atom stereocenters. The standard InChI is InChI=1S/C20H19N3O/c24-20(16-8-10-17(11-9-16)23-13-12-21-14-23)22-19-7-3-5-15-4-1-2-6-18(15)19/h3,5,7-14H,1-2,4,6H2,(H,22,24). The van der Waals surface area contributed by atoms with E-state index in [0.29, 0.717) is 5.56 Å². The normalized spacial score (nSPS) is 13.3. The molecule has 4 nitrogen and oxygen atoms in total. The van der Waals surface area contributed by atoms with Crippen LogP contribution in [0.15, 0.2) is 61.2 Å². The maximum absolute atomic E-state index is 12.6. The Hall–Kier alpha value is -2.88. The first kappa shape index (κ1) is 14.7. The van der Waals surface area contributed by atoms with E-state index < -0.39 is 0 Å². The van der Waals surface area contributed by atoms with E-state index in [1.54, 1.807) is 12.5 Å². The summed E-state index contributed by atoms with van der Waals surface area (Å²) in [5, 5.41) is 3.08. The lowest BCUT2D eigenvalue weighted by Crippen LogP contribution is -2.15. The minimum Gasteiger partial charge on any atom is -0.322 e. The number of anilines is 1. The Morgan fingerprint density at radius 1 is 1.04 bits per heavy atom. The van der Waals surface area contributed by atoms with Gasteiger partial charge in [-0.1, -0.05) is 12.1 Å². The summed E-state index contributed by atoms with van der Waals surface area (Å²) in [6.45, 7) is 0. The molecule has 1 heterocycles. The molecule has 0 saturated carbocycles. The highest BCUT2D eigenvalue weighted by atomic mass is 16.1. The van der Waals surface area contributed by atoms with Crippen molar-refractivity contribution in [3.63, 3.8) is 0 Å². The number of imidazole rings is 1. The Balaban J connectivity index is 1.54. The number of amides is 1. The summed E-state index contributed by atoms with van der Waals surface area (Å²) in [5.41, 5.74) is 5.27. The topological polar surface area (TPSA) is 46.9 Å². The van der Waals surface area contributed by atoms with Crippen molar-refractivity contribution in [1.29, 1.82) is 0 Å². The third-order valence-corrected chi connectivity index (χ3v) is 4.58. The number of carbonyl (C=O) groups is 1. The number of rotatable bonds is 3. The number of carbonyl (C=O) groups excluding carboxylic acids is 1. The molecule has 0 spiro atoms. The highest BCUT2D eigenvalue weighted by Crippen LogP contribution is 2.28. The van der Waals surface area contributed by atoms with Crippen molar-refractivity contribution < 1.29 is 4.79 Å². The van der Waals surface area contributed by atoms with E-state index in [1.807, 2.05) is 47.2 Å². The van der Waals surface area contributed by atoms with E-state index >= 15 is 0 Å². The van der Waals surface area contributed by atoms with Crippen LogP contribution >= 0.6 is 0 Å². The number of nitrogens with zero attached hydrogens (tertiary/aromatic N) is 2. The van der Waals surface area contributed by atoms with Crippen molar-refractivity contribution in [2.45, 2.75) is 25.7 Å². The molecule has 1 aromatic heterocycles. The molecule has 0 aliphatic heterocycles. The molecule has 2 aromatic carbocycles. The average molecular weight is 317 g/mol. The predicted molar refractivity (Wildman–Crippen MR) is 94.6 cm³/mol. The fraction of sp³-hybridized carbons (Fsp3) is 0.200. The van der Waals surface area contributed by atoms with E-state index in [1.165, 1.54) is 24.0 Å². The van der Waals surface area contributed by atoms with Crippen LogP contribution in [0.2, 0.25) is 0 Å². The van der Waals surface area contributed by atoms with Gasteiger partial charge in [0, 0.05) is 29.3 Å². The fourth-order valence-electron chi connectivity index (χ4n) is 3.29. The second-order valence-electron chi connectivity index (χ2n) is 6.12. The highest BCUT2D eigenvalue weighted by molar-refractivity contribution is 6.04. The van der Waals surface area contributed by atoms with Gasteiger partial charge in [0.1, 0.15) is 0 Å². The van der Waals surface area contributed by atoms with Gasteiger partial charge in [0.05, 0.1) is 6.33 Å². The smallest absolute Gasteiger partial charge is 0.255 e. The molecule has 0 radical (unpaired) electrons. The Kier molecular flexibility index (Phi) is 3.87. The van der Waals surface area contributed by atoms with E-state index in [2.05, 4.69) is 16.4 Å². The Morgan fingerprint density at radius 3 is 2.67 bits per heavy atom. The van der Waals surface area contributed by atoms with Gasteiger partial charge in [-0.3, -0.25) is 4.79 Å². The molecule has 4 heteroatoms. The lowest BCUT2D eigenvalue weighted by molar-refractivity contribution is 0.102. The summed E-state index contributed by atoms with van der Waals surface area (Å²) in [7, 11) is 0. The van der Waals surface area contributed by atoms with Crippen LogP contribution in [0, 0.1) is 0 Å². The number of fused-ring (bicyclic) bond motifs is 1. The molecule has 1 N–H and O–H groups in total. The molecule has 1 aliphatic rings. The van der Waals surface area contributed by atoms with Gasteiger partial charge in [-0.25, -0.2) is 4.98 Å². The van der Waals surface area contributed by atoms with Crippen molar-refractivity contribution in [1.82, 2.24) is 9.55 Å². The molecule has 3 aromatic rings. The zero-order chi connectivity index (χ0) is 16.4. The minimum absolute atomic E-state index is 0.0637. The van der Waals surface area contributed by atoms with Crippen molar-refractivity contribution >= 4 is 11.6 Å². The summed E-state index contributed by atoms with van der Waals surface area (Å²) in [4.78, 5) is 16.6. The van der Waals surface area contributed by atoms with Crippen LogP contribution in [0.5, 0.6) is 0 Å². The molecule has 24 heavy (non-hydrogen) atoms. The Morgan fingerprint density at radius 2 is 1.88 bits per heavy atom. The largest absolute Gasteiger partial charge is 0.322 e. The average Bonchev–Trinajstić information content (AvgIpc) is 3.17. The lowest BCUT2D eigenvalue weighted by Gasteiger charge is -2.19. The zero-order valence-corrected chi connectivity index (χ0v) is 13.4. The quantitative estimate of drug-likeness (QED) is 0.793. The summed E-state index contributed by atoms with van der Waals surface area (Å²) in [6, 6.07) is 13.8. The first-order valence-corrected chi connectivity index (χ1v) is 8.32. The monoisotopic (exact) mass is 317 g/mol. The van der Waals surface area contributed by atoms with E-state index in [9.17, 15) is 4.79 Å². The number of nitrogens with one attached hydrogen (secondary N) is 1. The van der Waals surface area contributed by atoms with Gasteiger partial charge in [0.2, 0.25) is 0 Å². The van der Waals surface area contributed by atoms with E-state index in [0.717, 1.165) is 24.2 Å². The summed E-state index contributed by atoms with van der Waals surface area (Å²) in [5.74, 6) is -0.0637.